The molecule has 0 radical (unpaired) electrons. The Morgan fingerprint density at radius 2 is 1.70 bits per heavy atom. The van der Waals surface area contributed by atoms with E-state index in [-0.39, 0.29) is 28.6 Å². The summed E-state index contributed by atoms with van der Waals surface area (Å²) < 4.78 is 12.9. The summed E-state index contributed by atoms with van der Waals surface area (Å²) >= 11 is 7.24. The Morgan fingerprint density at radius 1 is 1.07 bits per heavy atom. The highest BCUT2D eigenvalue weighted by atomic mass is 35.5. The Morgan fingerprint density at radius 3 is 2.33 bits per heavy atom. The van der Waals surface area contributed by atoms with Crippen LogP contribution in [-0.2, 0) is 16.1 Å². The molecule has 1 saturated heterocycles. The van der Waals surface area contributed by atoms with Crippen LogP contribution in [-0.4, -0.2) is 58.8 Å². The summed E-state index contributed by atoms with van der Waals surface area (Å²) in [6.07, 6.45) is 0. The fourth-order valence-corrected chi connectivity index (χ4v) is 4.12. The van der Waals surface area contributed by atoms with Gasteiger partial charge in [0.2, 0.25) is 11.8 Å². The first-order chi connectivity index (χ1) is 14.4. The highest BCUT2D eigenvalue weighted by molar-refractivity contribution is 8.01. The second-order valence-corrected chi connectivity index (χ2v) is 9.00. The molecule has 1 heterocycles. The van der Waals surface area contributed by atoms with Crippen LogP contribution in [0.2, 0.25) is 5.02 Å². The summed E-state index contributed by atoms with van der Waals surface area (Å²) in [5.41, 5.74) is 1.74. The van der Waals surface area contributed by atoms with E-state index in [2.05, 4.69) is 10.2 Å². The molecule has 0 bridgehead atoms. The summed E-state index contributed by atoms with van der Waals surface area (Å²) in [6, 6.07) is 13.4. The molecule has 1 fully saturated rings. The number of hydrogen-bond donors (Lipinski definition) is 1. The number of carbonyl (C=O) groups is 2. The van der Waals surface area contributed by atoms with Crippen LogP contribution in [0.25, 0.3) is 0 Å². The SMILES string of the molecule is CC(SCC(=O)Nc1ccc(F)cc1)C(=O)N1CCN(Cc2ccc(Cl)cc2)CC1. The van der Waals surface area contributed by atoms with E-state index in [4.69, 9.17) is 11.6 Å². The number of carbonyl (C=O) groups excluding carboxylic acids is 2. The average Bonchev–Trinajstić information content (AvgIpc) is 2.75. The third kappa shape index (κ3) is 6.72. The van der Waals surface area contributed by atoms with Crippen molar-refractivity contribution in [2.24, 2.45) is 0 Å². The van der Waals surface area contributed by atoms with Crippen LogP contribution in [0.1, 0.15) is 12.5 Å². The fraction of sp³-hybridized carbons (Fsp3) is 0.364. The number of thioether (sulfide) groups is 1. The van der Waals surface area contributed by atoms with E-state index in [0.29, 0.717) is 18.8 Å². The van der Waals surface area contributed by atoms with Gasteiger partial charge in [-0.15, -0.1) is 11.8 Å². The quantitative estimate of drug-likeness (QED) is 0.696. The van der Waals surface area contributed by atoms with Crippen molar-refractivity contribution in [3.8, 4) is 0 Å². The maximum absolute atomic E-state index is 12.9. The number of nitrogens with zero attached hydrogens (tertiary/aromatic N) is 2. The van der Waals surface area contributed by atoms with Gasteiger partial charge < -0.3 is 10.2 Å². The van der Waals surface area contributed by atoms with Crippen molar-refractivity contribution in [2.45, 2.75) is 18.7 Å². The van der Waals surface area contributed by atoms with Gasteiger partial charge in [0.25, 0.3) is 0 Å². The second kappa shape index (κ2) is 10.8. The van der Waals surface area contributed by atoms with E-state index in [9.17, 15) is 14.0 Å². The third-order valence-electron chi connectivity index (χ3n) is 4.94. The van der Waals surface area contributed by atoms with Gasteiger partial charge in [-0.3, -0.25) is 14.5 Å². The van der Waals surface area contributed by atoms with Crippen molar-refractivity contribution in [3.63, 3.8) is 0 Å². The Bertz CT molecular complexity index is 856. The minimum absolute atomic E-state index is 0.0562. The van der Waals surface area contributed by atoms with Gasteiger partial charge in [-0.1, -0.05) is 23.7 Å². The van der Waals surface area contributed by atoms with Crippen LogP contribution < -0.4 is 5.32 Å². The van der Waals surface area contributed by atoms with Crippen LogP contribution in [0, 0.1) is 5.82 Å². The molecule has 5 nitrogen and oxygen atoms in total. The molecular weight excluding hydrogens is 425 g/mol. The number of halogens is 2. The van der Waals surface area contributed by atoms with E-state index in [0.717, 1.165) is 24.7 Å². The smallest absolute Gasteiger partial charge is 0.235 e. The summed E-state index contributed by atoms with van der Waals surface area (Å²) in [4.78, 5) is 29.0. The summed E-state index contributed by atoms with van der Waals surface area (Å²) in [5.74, 6) is -0.338. The maximum atomic E-state index is 12.9. The molecule has 30 heavy (non-hydrogen) atoms. The largest absolute Gasteiger partial charge is 0.339 e. The van der Waals surface area contributed by atoms with E-state index >= 15 is 0 Å². The van der Waals surface area contributed by atoms with Crippen molar-refractivity contribution in [1.29, 1.82) is 0 Å². The molecule has 3 rings (SSSR count). The van der Waals surface area contributed by atoms with Crippen molar-refractivity contribution in [2.75, 3.05) is 37.2 Å². The lowest BCUT2D eigenvalue weighted by Crippen LogP contribution is -2.50. The fourth-order valence-electron chi connectivity index (χ4n) is 3.23. The van der Waals surface area contributed by atoms with Gasteiger partial charge in [0.05, 0.1) is 11.0 Å². The van der Waals surface area contributed by atoms with E-state index in [1.165, 1.54) is 41.6 Å². The van der Waals surface area contributed by atoms with Gasteiger partial charge in [0.15, 0.2) is 0 Å². The molecule has 1 unspecified atom stereocenters. The maximum Gasteiger partial charge on any atom is 0.235 e. The zero-order valence-corrected chi connectivity index (χ0v) is 18.4. The lowest BCUT2D eigenvalue weighted by molar-refractivity contribution is -0.132. The van der Waals surface area contributed by atoms with E-state index in [1.54, 1.807) is 0 Å². The van der Waals surface area contributed by atoms with Gasteiger partial charge in [-0.2, -0.15) is 0 Å². The second-order valence-electron chi connectivity index (χ2n) is 7.24. The molecule has 0 spiro atoms. The molecule has 0 aliphatic carbocycles. The Labute approximate surface area is 185 Å². The predicted octanol–water partition coefficient (Wildman–Crippen LogP) is 3.88. The summed E-state index contributed by atoms with van der Waals surface area (Å²) in [6.45, 7) is 5.66. The molecule has 1 aliphatic rings. The normalized spacial score (nSPS) is 15.6. The van der Waals surface area contributed by atoms with Crippen molar-refractivity contribution in [1.82, 2.24) is 9.80 Å². The molecule has 0 saturated carbocycles. The van der Waals surface area contributed by atoms with E-state index in [1.807, 2.05) is 36.1 Å². The molecule has 0 aromatic heterocycles. The molecule has 1 aliphatic heterocycles. The van der Waals surface area contributed by atoms with Gasteiger partial charge in [-0.25, -0.2) is 4.39 Å². The first-order valence-corrected chi connectivity index (χ1v) is 11.3. The van der Waals surface area contributed by atoms with Crippen LogP contribution in [0.3, 0.4) is 0 Å². The third-order valence-corrected chi connectivity index (χ3v) is 6.33. The van der Waals surface area contributed by atoms with Gasteiger partial charge in [0, 0.05) is 43.4 Å². The number of benzene rings is 2. The number of amides is 2. The highest BCUT2D eigenvalue weighted by Crippen LogP contribution is 2.17. The average molecular weight is 450 g/mol. The van der Waals surface area contributed by atoms with Gasteiger partial charge in [-0.05, 0) is 48.9 Å². The van der Waals surface area contributed by atoms with Crippen LogP contribution in [0.4, 0.5) is 10.1 Å². The van der Waals surface area contributed by atoms with Crippen molar-refractivity contribution < 1.29 is 14.0 Å². The molecule has 8 heteroatoms. The topological polar surface area (TPSA) is 52.7 Å². The first kappa shape index (κ1) is 22.6. The Kier molecular flexibility index (Phi) is 8.13. The molecule has 1 N–H and O–H groups in total. The van der Waals surface area contributed by atoms with Crippen LogP contribution >= 0.6 is 23.4 Å². The summed E-state index contributed by atoms with van der Waals surface area (Å²) in [7, 11) is 0. The first-order valence-electron chi connectivity index (χ1n) is 9.83. The molecule has 160 valence electrons. The Hall–Kier alpha value is -2.09. The van der Waals surface area contributed by atoms with Gasteiger partial charge in [0.1, 0.15) is 5.82 Å². The zero-order chi connectivity index (χ0) is 21.5. The Balaban J connectivity index is 1.39. The van der Waals surface area contributed by atoms with Crippen LogP contribution in [0.15, 0.2) is 48.5 Å². The minimum atomic E-state index is -0.352. The molecule has 2 amide bonds. The monoisotopic (exact) mass is 449 g/mol. The van der Waals surface area contributed by atoms with Crippen molar-refractivity contribution in [3.05, 3.63) is 64.9 Å². The minimum Gasteiger partial charge on any atom is -0.339 e. The summed E-state index contributed by atoms with van der Waals surface area (Å²) in [5, 5.41) is 3.14. The number of nitrogens with one attached hydrogen (secondary N) is 1. The van der Waals surface area contributed by atoms with Gasteiger partial charge >= 0.3 is 0 Å². The lowest BCUT2D eigenvalue weighted by atomic mass is 10.2. The number of rotatable bonds is 7. The molecule has 1 atom stereocenters. The molecule has 2 aromatic carbocycles. The zero-order valence-electron chi connectivity index (χ0n) is 16.8. The van der Waals surface area contributed by atoms with Crippen LogP contribution in [0.5, 0.6) is 0 Å². The van der Waals surface area contributed by atoms with E-state index < -0.39 is 0 Å². The van der Waals surface area contributed by atoms with Crippen molar-refractivity contribution >= 4 is 40.9 Å². The number of piperazine rings is 1. The number of hydrogen-bond acceptors (Lipinski definition) is 4. The lowest BCUT2D eigenvalue weighted by Gasteiger charge is -2.35. The predicted molar refractivity (Wildman–Crippen MR) is 120 cm³/mol. The molecule has 2 aromatic rings. The molecular formula is C22H25ClFN3O2S. The highest BCUT2D eigenvalue weighted by Gasteiger charge is 2.25. The number of anilines is 1. The standard InChI is InChI=1S/C22H25ClFN3O2S/c1-16(30-15-21(28)25-20-8-6-19(24)7-9-20)22(29)27-12-10-26(11-13-27)14-17-2-4-18(23)5-3-17/h2-9,16H,10-15H2,1H3,(H,25,28).